The minimum Gasteiger partial charge on any atom is -0.481 e. The largest absolute Gasteiger partial charge is 0.481 e. The van der Waals surface area contributed by atoms with Crippen LogP contribution in [-0.2, 0) is 17.6 Å². The van der Waals surface area contributed by atoms with Gasteiger partial charge in [0.2, 0.25) is 5.88 Å². The van der Waals surface area contributed by atoms with Crippen LogP contribution in [0.25, 0.3) is 16.9 Å². The molecule has 3 aromatic rings. The van der Waals surface area contributed by atoms with E-state index in [1.54, 1.807) is 7.11 Å². The molecule has 0 N–H and O–H groups in total. The van der Waals surface area contributed by atoms with Crippen LogP contribution in [-0.4, -0.2) is 82.1 Å². The number of rotatable bonds is 5. The molecule has 5 heterocycles. The number of hydrogen-bond acceptors (Lipinski definition) is 7. The normalized spacial score (nSPS) is 22.4. The third-order valence-electron chi connectivity index (χ3n) is 7.66. The second-order valence-corrected chi connectivity index (χ2v) is 9.82. The average Bonchev–Trinajstić information content (AvgIpc) is 3.07. The standard InChI is InChI=1S/C27H36N6O2/c1-18-16-32(17-19(2)31(18)4)20(3)24-14-21(8-11-28-24)27-23-9-12-35-13-10-25(23)33(30-27)22-6-7-26(34-5)29-15-22/h6-8,11,14-15,18-20H,9-10,12-13,16-17H2,1-5H3/t18-,19+,20?. The summed E-state index contributed by atoms with van der Waals surface area (Å²) in [7, 11) is 3.85. The van der Waals surface area contributed by atoms with Gasteiger partial charge in [-0.1, -0.05) is 0 Å². The van der Waals surface area contributed by atoms with Crippen molar-refractivity contribution in [1.29, 1.82) is 0 Å². The predicted octanol–water partition coefficient (Wildman–Crippen LogP) is 3.54. The van der Waals surface area contributed by atoms with Gasteiger partial charge in [-0.05, 0) is 52.4 Å². The van der Waals surface area contributed by atoms with Crippen LogP contribution >= 0.6 is 0 Å². The van der Waals surface area contributed by atoms with E-state index < -0.39 is 0 Å². The third kappa shape index (κ3) is 4.70. The molecule has 1 fully saturated rings. The highest BCUT2D eigenvalue weighted by Gasteiger charge is 2.30. The minimum absolute atomic E-state index is 0.239. The van der Waals surface area contributed by atoms with Crippen molar-refractivity contribution in [2.24, 2.45) is 0 Å². The predicted molar refractivity (Wildman–Crippen MR) is 136 cm³/mol. The van der Waals surface area contributed by atoms with E-state index in [9.17, 15) is 0 Å². The van der Waals surface area contributed by atoms with Crippen LogP contribution in [0.15, 0.2) is 36.7 Å². The van der Waals surface area contributed by atoms with E-state index in [1.807, 2.05) is 29.2 Å². The number of ether oxygens (including phenoxy) is 2. The molecule has 8 nitrogen and oxygen atoms in total. The van der Waals surface area contributed by atoms with Crippen LogP contribution in [0, 0.1) is 0 Å². The molecular formula is C27H36N6O2. The van der Waals surface area contributed by atoms with Gasteiger partial charge in [0, 0.05) is 61.0 Å². The minimum atomic E-state index is 0.239. The molecule has 0 saturated carbocycles. The van der Waals surface area contributed by atoms with Crippen LogP contribution in [0.2, 0.25) is 0 Å². The van der Waals surface area contributed by atoms with Gasteiger partial charge in [-0.3, -0.25) is 14.8 Å². The van der Waals surface area contributed by atoms with Crippen molar-refractivity contribution in [1.82, 2.24) is 29.5 Å². The van der Waals surface area contributed by atoms with E-state index in [-0.39, 0.29) is 6.04 Å². The number of piperazine rings is 1. The number of nitrogens with zero attached hydrogens (tertiary/aromatic N) is 6. The van der Waals surface area contributed by atoms with Gasteiger partial charge in [-0.25, -0.2) is 9.67 Å². The summed E-state index contributed by atoms with van der Waals surface area (Å²) in [6.45, 7) is 10.4. The Morgan fingerprint density at radius 2 is 1.83 bits per heavy atom. The molecule has 1 saturated heterocycles. The number of hydrogen-bond donors (Lipinski definition) is 0. The highest BCUT2D eigenvalue weighted by atomic mass is 16.5. The molecule has 0 bridgehead atoms. The van der Waals surface area contributed by atoms with Crippen LogP contribution < -0.4 is 4.74 Å². The Morgan fingerprint density at radius 1 is 1.06 bits per heavy atom. The molecule has 35 heavy (non-hydrogen) atoms. The van der Waals surface area contributed by atoms with E-state index in [0.29, 0.717) is 31.2 Å². The Labute approximate surface area is 207 Å². The van der Waals surface area contributed by atoms with E-state index in [1.165, 1.54) is 11.3 Å². The molecule has 2 aliphatic heterocycles. The molecule has 5 rings (SSSR count). The van der Waals surface area contributed by atoms with Gasteiger partial charge in [0.1, 0.15) is 0 Å². The number of likely N-dealkylation sites (N-methyl/N-ethyl adjacent to an activating group) is 1. The van der Waals surface area contributed by atoms with Gasteiger partial charge in [0.25, 0.3) is 0 Å². The molecule has 186 valence electrons. The molecule has 0 radical (unpaired) electrons. The van der Waals surface area contributed by atoms with Gasteiger partial charge in [0.05, 0.1) is 49.3 Å². The van der Waals surface area contributed by atoms with Crippen LogP contribution in [0.5, 0.6) is 5.88 Å². The van der Waals surface area contributed by atoms with E-state index in [2.05, 4.69) is 54.7 Å². The molecule has 3 aromatic heterocycles. The quantitative estimate of drug-likeness (QED) is 0.558. The maximum atomic E-state index is 5.82. The third-order valence-corrected chi connectivity index (χ3v) is 7.66. The lowest BCUT2D eigenvalue weighted by Gasteiger charge is -2.44. The molecule has 0 aromatic carbocycles. The van der Waals surface area contributed by atoms with Gasteiger partial charge >= 0.3 is 0 Å². The summed E-state index contributed by atoms with van der Waals surface area (Å²) in [6.07, 6.45) is 5.41. The number of methoxy groups -OCH3 is 1. The molecule has 1 unspecified atom stereocenters. The first-order chi connectivity index (χ1) is 17.0. The van der Waals surface area contributed by atoms with Gasteiger partial charge in [-0.2, -0.15) is 5.10 Å². The summed E-state index contributed by atoms with van der Waals surface area (Å²) in [5.41, 5.74) is 6.58. The van der Waals surface area contributed by atoms with Crippen molar-refractivity contribution < 1.29 is 9.47 Å². The summed E-state index contributed by atoms with van der Waals surface area (Å²) in [5, 5.41) is 5.11. The van der Waals surface area contributed by atoms with Crippen LogP contribution in [0.3, 0.4) is 0 Å². The molecule has 2 aliphatic rings. The fourth-order valence-electron chi connectivity index (χ4n) is 5.29. The van der Waals surface area contributed by atoms with Gasteiger partial charge in [0.15, 0.2) is 0 Å². The second kappa shape index (κ2) is 10.0. The summed E-state index contributed by atoms with van der Waals surface area (Å²) in [4.78, 5) is 14.2. The van der Waals surface area contributed by atoms with Crippen molar-refractivity contribution >= 4 is 0 Å². The van der Waals surface area contributed by atoms with Crippen LogP contribution in [0.4, 0.5) is 0 Å². The maximum Gasteiger partial charge on any atom is 0.213 e. The van der Waals surface area contributed by atoms with E-state index >= 15 is 0 Å². The fraction of sp³-hybridized carbons (Fsp3) is 0.519. The topological polar surface area (TPSA) is 68.5 Å². The molecule has 3 atom stereocenters. The lowest BCUT2D eigenvalue weighted by atomic mass is 10.0. The van der Waals surface area contributed by atoms with Gasteiger partial charge in [-0.15, -0.1) is 0 Å². The summed E-state index contributed by atoms with van der Waals surface area (Å²) >= 11 is 0. The Bertz CT molecular complexity index is 1150. The highest BCUT2D eigenvalue weighted by molar-refractivity contribution is 5.65. The van der Waals surface area contributed by atoms with E-state index in [4.69, 9.17) is 19.6 Å². The first kappa shape index (κ1) is 23.9. The molecule has 0 amide bonds. The highest BCUT2D eigenvalue weighted by Crippen LogP contribution is 2.32. The van der Waals surface area contributed by atoms with E-state index in [0.717, 1.165) is 48.6 Å². The zero-order valence-corrected chi connectivity index (χ0v) is 21.4. The van der Waals surface area contributed by atoms with Crippen LogP contribution in [0.1, 0.15) is 43.8 Å². The summed E-state index contributed by atoms with van der Waals surface area (Å²) < 4.78 is 13.1. The average molecular weight is 477 g/mol. The SMILES string of the molecule is COc1ccc(-n2nc(-c3ccnc(C(C)N4C[C@@H](C)N(C)[C@@H](C)C4)c3)c3c2CCOCC3)cn1. The molecule has 0 aliphatic carbocycles. The zero-order valence-electron chi connectivity index (χ0n) is 21.4. The lowest BCUT2D eigenvalue weighted by molar-refractivity contribution is 0.0367. The van der Waals surface area contributed by atoms with Crippen molar-refractivity contribution in [3.05, 3.63) is 53.6 Å². The molecule has 0 spiro atoms. The van der Waals surface area contributed by atoms with Crippen molar-refractivity contribution in [2.45, 2.75) is 51.7 Å². The summed E-state index contributed by atoms with van der Waals surface area (Å²) in [5.74, 6) is 0.593. The Kier molecular flexibility index (Phi) is 6.86. The number of aromatic nitrogens is 4. The lowest BCUT2D eigenvalue weighted by Crippen LogP contribution is -2.55. The van der Waals surface area contributed by atoms with Crippen molar-refractivity contribution in [3.8, 4) is 22.8 Å². The first-order valence-corrected chi connectivity index (χ1v) is 12.6. The second-order valence-electron chi connectivity index (χ2n) is 9.82. The molecular weight excluding hydrogens is 440 g/mol. The number of pyridine rings is 2. The first-order valence-electron chi connectivity index (χ1n) is 12.6. The maximum absolute atomic E-state index is 5.82. The summed E-state index contributed by atoms with van der Waals surface area (Å²) in [6, 6.07) is 9.47. The zero-order chi connectivity index (χ0) is 24.5. The fourth-order valence-corrected chi connectivity index (χ4v) is 5.29. The van der Waals surface area contributed by atoms with Crippen molar-refractivity contribution in [3.63, 3.8) is 0 Å². The smallest absolute Gasteiger partial charge is 0.213 e. The number of fused-ring (bicyclic) bond motifs is 1. The molecule has 8 heteroatoms. The monoisotopic (exact) mass is 476 g/mol. The van der Waals surface area contributed by atoms with Crippen molar-refractivity contribution in [2.75, 3.05) is 40.5 Å². The Hall–Kier alpha value is -2.81. The Morgan fingerprint density at radius 3 is 2.54 bits per heavy atom. The van der Waals surface area contributed by atoms with Gasteiger partial charge < -0.3 is 9.47 Å². The Balaban J connectivity index is 1.50.